The summed E-state index contributed by atoms with van der Waals surface area (Å²) in [4.78, 5) is 13.8. The molecule has 0 aromatic heterocycles. The van der Waals surface area contributed by atoms with Crippen molar-refractivity contribution in [1.29, 1.82) is 0 Å². The van der Waals surface area contributed by atoms with Crippen molar-refractivity contribution < 1.29 is 14.3 Å². The second-order valence-electron chi connectivity index (χ2n) is 7.26. The van der Waals surface area contributed by atoms with Gasteiger partial charge in [-0.25, -0.2) is 4.79 Å². The topological polar surface area (TPSA) is 38.8 Å². The van der Waals surface area contributed by atoms with Gasteiger partial charge in [-0.3, -0.25) is 0 Å². The number of allylic oxidation sites excluding steroid dienone is 3. The minimum Gasteiger partial charge on any atom is -0.490 e. The fraction of sp³-hybridized carbons (Fsp3) is 0.476. The van der Waals surface area contributed by atoms with Crippen LogP contribution in [0.25, 0.3) is 5.57 Å². The molecule has 0 N–H and O–H groups in total. The summed E-state index contributed by atoms with van der Waals surface area (Å²) in [5.74, 6) is 0.860. The van der Waals surface area contributed by atoms with E-state index in [0.717, 1.165) is 29.7 Å². The van der Waals surface area contributed by atoms with Crippen LogP contribution in [0.3, 0.4) is 0 Å². The molecular formula is C21H29NO3. The summed E-state index contributed by atoms with van der Waals surface area (Å²) in [5.41, 5.74) is 1.78. The number of amides is 1. The van der Waals surface area contributed by atoms with E-state index in [2.05, 4.69) is 6.58 Å². The van der Waals surface area contributed by atoms with E-state index in [0.29, 0.717) is 13.1 Å². The van der Waals surface area contributed by atoms with Crippen molar-refractivity contribution in [3.05, 3.63) is 48.6 Å². The van der Waals surface area contributed by atoms with E-state index in [1.807, 2.05) is 64.1 Å². The zero-order chi connectivity index (χ0) is 18.4. The van der Waals surface area contributed by atoms with Crippen LogP contribution in [-0.2, 0) is 4.74 Å². The molecule has 0 spiro atoms. The first-order chi connectivity index (χ1) is 11.8. The van der Waals surface area contributed by atoms with Gasteiger partial charge in [0.05, 0.1) is 0 Å². The highest BCUT2D eigenvalue weighted by Crippen LogP contribution is 2.23. The van der Waals surface area contributed by atoms with Crippen molar-refractivity contribution in [2.75, 3.05) is 13.1 Å². The smallest absolute Gasteiger partial charge is 0.410 e. The SMILES string of the molecule is C=C/C(=C\C)c1ccc(OC2CCN(C(=O)OC(C)(C)C)CC2)cc1. The summed E-state index contributed by atoms with van der Waals surface area (Å²) < 4.78 is 11.5. The van der Waals surface area contributed by atoms with E-state index in [4.69, 9.17) is 9.47 Å². The lowest BCUT2D eigenvalue weighted by Gasteiger charge is -2.33. The van der Waals surface area contributed by atoms with Gasteiger partial charge in [-0.1, -0.05) is 30.9 Å². The fourth-order valence-electron chi connectivity index (χ4n) is 2.80. The Bertz CT molecular complexity index is 618. The van der Waals surface area contributed by atoms with Gasteiger partial charge in [0.1, 0.15) is 17.5 Å². The first-order valence-corrected chi connectivity index (χ1v) is 8.86. The monoisotopic (exact) mass is 343 g/mol. The Labute approximate surface area is 151 Å². The average molecular weight is 343 g/mol. The third-order valence-electron chi connectivity index (χ3n) is 4.11. The molecule has 2 rings (SSSR count). The summed E-state index contributed by atoms with van der Waals surface area (Å²) in [5, 5.41) is 0. The number of carbonyl (C=O) groups excluding carboxylic acids is 1. The Morgan fingerprint density at radius 3 is 2.28 bits per heavy atom. The van der Waals surface area contributed by atoms with Gasteiger partial charge in [-0.2, -0.15) is 0 Å². The van der Waals surface area contributed by atoms with Gasteiger partial charge < -0.3 is 14.4 Å². The van der Waals surface area contributed by atoms with Crippen molar-refractivity contribution in [3.63, 3.8) is 0 Å². The highest BCUT2D eigenvalue weighted by molar-refractivity contribution is 5.73. The maximum atomic E-state index is 12.1. The number of hydrogen-bond acceptors (Lipinski definition) is 3. The summed E-state index contributed by atoms with van der Waals surface area (Å²) in [6.45, 7) is 12.8. The molecule has 1 amide bonds. The Hall–Kier alpha value is -2.23. The van der Waals surface area contributed by atoms with Crippen LogP contribution >= 0.6 is 0 Å². The van der Waals surface area contributed by atoms with E-state index in [9.17, 15) is 4.79 Å². The molecule has 25 heavy (non-hydrogen) atoms. The van der Waals surface area contributed by atoms with Gasteiger partial charge in [0.2, 0.25) is 0 Å². The zero-order valence-electron chi connectivity index (χ0n) is 15.7. The Balaban J connectivity index is 1.86. The van der Waals surface area contributed by atoms with Crippen molar-refractivity contribution in [2.24, 2.45) is 0 Å². The first-order valence-electron chi connectivity index (χ1n) is 8.86. The van der Waals surface area contributed by atoms with Crippen LogP contribution in [0.15, 0.2) is 43.0 Å². The number of carbonyl (C=O) groups is 1. The predicted molar refractivity (Wildman–Crippen MR) is 102 cm³/mol. The quantitative estimate of drug-likeness (QED) is 0.718. The minimum atomic E-state index is -0.455. The van der Waals surface area contributed by atoms with Crippen LogP contribution < -0.4 is 4.74 Å². The molecule has 0 bridgehead atoms. The maximum absolute atomic E-state index is 12.1. The summed E-state index contributed by atoms with van der Waals surface area (Å²) in [6, 6.07) is 8.06. The van der Waals surface area contributed by atoms with Crippen LogP contribution in [0.2, 0.25) is 0 Å². The molecule has 0 radical (unpaired) electrons. The van der Waals surface area contributed by atoms with Gasteiger partial charge in [-0.05, 0) is 51.0 Å². The van der Waals surface area contributed by atoms with Crippen LogP contribution in [0.4, 0.5) is 4.79 Å². The van der Waals surface area contributed by atoms with Crippen LogP contribution in [0, 0.1) is 0 Å². The Kier molecular flexibility index (Phi) is 6.29. The second kappa shape index (κ2) is 8.24. The Morgan fingerprint density at radius 1 is 1.20 bits per heavy atom. The van der Waals surface area contributed by atoms with Crippen molar-refractivity contribution in [3.8, 4) is 5.75 Å². The molecule has 4 nitrogen and oxygen atoms in total. The Morgan fingerprint density at radius 2 is 1.80 bits per heavy atom. The lowest BCUT2D eigenvalue weighted by molar-refractivity contribution is 0.0126. The van der Waals surface area contributed by atoms with Crippen LogP contribution in [0.5, 0.6) is 5.75 Å². The molecule has 1 saturated heterocycles. The van der Waals surface area contributed by atoms with E-state index < -0.39 is 5.60 Å². The van der Waals surface area contributed by atoms with Crippen LogP contribution in [0.1, 0.15) is 46.1 Å². The lowest BCUT2D eigenvalue weighted by atomic mass is 10.1. The zero-order valence-corrected chi connectivity index (χ0v) is 15.7. The van der Waals surface area contributed by atoms with Gasteiger partial charge in [-0.15, -0.1) is 0 Å². The summed E-state index contributed by atoms with van der Waals surface area (Å²) in [7, 11) is 0. The molecule has 1 aliphatic heterocycles. The van der Waals surface area contributed by atoms with E-state index in [-0.39, 0.29) is 12.2 Å². The van der Waals surface area contributed by atoms with Crippen molar-refractivity contribution >= 4 is 11.7 Å². The molecule has 0 unspecified atom stereocenters. The third kappa shape index (κ3) is 5.66. The summed E-state index contributed by atoms with van der Waals surface area (Å²) >= 11 is 0. The molecule has 1 aliphatic rings. The third-order valence-corrected chi connectivity index (χ3v) is 4.11. The largest absolute Gasteiger partial charge is 0.490 e. The standard InChI is InChI=1S/C21H29NO3/c1-6-16(7-2)17-8-10-18(11-9-17)24-19-12-14-22(15-13-19)20(23)25-21(3,4)5/h6-11,19H,1,12-15H2,2-5H3/b16-7+. The molecule has 1 fully saturated rings. The molecule has 0 saturated carbocycles. The maximum Gasteiger partial charge on any atom is 0.410 e. The average Bonchev–Trinajstić information content (AvgIpc) is 2.56. The molecule has 4 heteroatoms. The minimum absolute atomic E-state index is 0.130. The number of benzene rings is 1. The normalized spacial score (nSPS) is 16.5. The predicted octanol–water partition coefficient (Wildman–Crippen LogP) is 5.05. The molecule has 0 aliphatic carbocycles. The highest BCUT2D eigenvalue weighted by atomic mass is 16.6. The van der Waals surface area contributed by atoms with Gasteiger partial charge in [0.25, 0.3) is 0 Å². The number of likely N-dealkylation sites (tertiary alicyclic amines) is 1. The number of piperidine rings is 1. The number of ether oxygens (including phenoxy) is 2. The summed E-state index contributed by atoms with van der Waals surface area (Å²) in [6.07, 6.45) is 5.41. The molecule has 1 aromatic rings. The van der Waals surface area contributed by atoms with Gasteiger partial charge in [0.15, 0.2) is 0 Å². The van der Waals surface area contributed by atoms with Gasteiger partial charge >= 0.3 is 6.09 Å². The van der Waals surface area contributed by atoms with Crippen molar-refractivity contribution in [2.45, 2.75) is 52.2 Å². The first kappa shape index (κ1) is 19.1. The highest BCUT2D eigenvalue weighted by Gasteiger charge is 2.27. The molecular weight excluding hydrogens is 314 g/mol. The molecule has 1 heterocycles. The van der Waals surface area contributed by atoms with Crippen LogP contribution in [-0.4, -0.2) is 35.8 Å². The lowest BCUT2D eigenvalue weighted by Crippen LogP contribution is -2.44. The number of hydrogen-bond donors (Lipinski definition) is 0. The van der Waals surface area contributed by atoms with Gasteiger partial charge in [0, 0.05) is 25.9 Å². The van der Waals surface area contributed by atoms with Crippen molar-refractivity contribution in [1.82, 2.24) is 4.90 Å². The second-order valence-corrected chi connectivity index (χ2v) is 7.26. The number of rotatable bonds is 4. The molecule has 1 aromatic carbocycles. The van der Waals surface area contributed by atoms with E-state index in [1.54, 1.807) is 4.90 Å². The molecule has 0 atom stereocenters. The number of nitrogens with zero attached hydrogens (tertiary/aromatic N) is 1. The van der Waals surface area contributed by atoms with E-state index in [1.165, 1.54) is 0 Å². The molecule has 136 valence electrons. The van der Waals surface area contributed by atoms with E-state index >= 15 is 0 Å². The fourth-order valence-corrected chi connectivity index (χ4v) is 2.80.